The van der Waals surface area contributed by atoms with E-state index in [1.54, 1.807) is 6.92 Å². The Morgan fingerprint density at radius 3 is 2.41 bits per heavy atom. The lowest BCUT2D eigenvalue weighted by Gasteiger charge is -2.06. The second kappa shape index (κ2) is 4.80. The molecular formula is C9H8ClNO5S. The number of nitrogens with zero attached hydrogens (tertiary/aromatic N) is 1. The molecule has 0 aliphatic heterocycles. The highest BCUT2D eigenvalue weighted by Gasteiger charge is 2.22. The van der Waals surface area contributed by atoms with Crippen molar-refractivity contribution in [1.82, 2.24) is 0 Å². The highest BCUT2D eigenvalue weighted by molar-refractivity contribution is 8.13. The number of nitro groups is 1. The molecule has 0 amide bonds. The van der Waals surface area contributed by atoms with Gasteiger partial charge in [0, 0.05) is 28.4 Å². The molecule has 1 aromatic carbocycles. The van der Waals surface area contributed by atoms with E-state index in [9.17, 15) is 23.3 Å². The third-order valence-corrected chi connectivity index (χ3v) is 3.55. The van der Waals surface area contributed by atoms with Gasteiger partial charge < -0.3 is 0 Å². The molecule has 92 valence electrons. The highest BCUT2D eigenvalue weighted by Crippen LogP contribution is 2.27. The summed E-state index contributed by atoms with van der Waals surface area (Å²) in [5, 5.41) is 10.6. The zero-order valence-corrected chi connectivity index (χ0v) is 10.3. The summed E-state index contributed by atoms with van der Waals surface area (Å²) in [6.45, 7) is 1.65. The average molecular weight is 278 g/mol. The molecule has 8 heteroatoms. The fourth-order valence-electron chi connectivity index (χ4n) is 1.40. The molecule has 17 heavy (non-hydrogen) atoms. The van der Waals surface area contributed by atoms with Gasteiger partial charge in [-0.25, -0.2) is 8.42 Å². The van der Waals surface area contributed by atoms with Crippen LogP contribution in [0, 0.1) is 10.1 Å². The van der Waals surface area contributed by atoms with Gasteiger partial charge in [0.25, 0.3) is 14.7 Å². The molecule has 0 bridgehead atoms. The first-order valence-corrected chi connectivity index (χ1v) is 6.83. The number of carbonyl (C=O) groups is 1. The summed E-state index contributed by atoms with van der Waals surface area (Å²) in [7, 11) is 0.941. The summed E-state index contributed by atoms with van der Waals surface area (Å²) in [4.78, 5) is 20.2. The summed E-state index contributed by atoms with van der Waals surface area (Å²) in [6, 6.07) is 1.94. The van der Waals surface area contributed by atoms with Crippen LogP contribution in [0.1, 0.15) is 22.8 Å². The maximum atomic E-state index is 11.2. The van der Waals surface area contributed by atoms with Crippen molar-refractivity contribution in [2.75, 3.05) is 0 Å². The Hall–Kier alpha value is -1.47. The van der Waals surface area contributed by atoms with Crippen molar-refractivity contribution < 1.29 is 18.1 Å². The molecule has 0 aliphatic rings. The van der Waals surface area contributed by atoms with Crippen LogP contribution in [0.5, 0.6) is 0 Å². The van der Waals surface area contributed by atoms with E-state index in [-0.39, 0.29) is 17.5 Å². The summed E-state index contributed by atoms with van der Waals surface area (Å²) in [6.07, 6.45) is 0.618. The van der Waals surface area contributed by atoms with Gasteiger partial charge in [0.1, 0.15) is 0 Å². The van der Waals surface area contributed by atoms with E-state index in [1.165, 1.54) is 0 Å². The number of rotatable bonds is 4. The Morgan fingerprint density at radius 1 is 1.47 bits per heavy atom. The van der Waals surface area contributed by atoms with Crippen molar-refractivity contribution in [1.29, 1.82) is 0 Å². The number of hydrogen-bond donors (Lipinski definition) is 0. The number of nitro benzene ring substituents is 1. The van der Waals surface area contributed by atoms with Crippen molar-refractivity contribution >= 4 is 31.7 Å². The molecule has 0 unspecified atom stereocenters. The normalized spacial score (nSPS) is 11.2. The summed E-state index contributed by atoms with van der Waals surface area (Å²) < 4.78 is 22.5. The van der Waals surface area contributed by atoms with Gasteiger partial charge >= 0.3 is 0 Å². The van der Waals surface area contributed by atoms with E-state index in [0.717, 1.165) is 12.1 Å². The number of halogens is 1. The highest BCUT2D eigenvalue weighted by atomic mass is 35.7. The van der Waals surface area contributed by atoms with Crippen LogP contribution in [0.4, 0.5) is 5.69 Å². The number of benzene rings is 1. The number of aryl methyl sites for hydroxylation is 1. The number of non-ortho nitro benzene ring substituents is 1. The van der Waals surface area contributed by atoms with Crippen molar-refractivity contribution in [3.05, 3.63) is 33.4 Å². The Morgan fingerprint density at radius 2 is 2.06 bits per heavy atom. The SMILES string of the molecule is CCc1cc([N+](=O)[O-])cc(S(=O)(=O)Cl)c1C=O. The van der Waals surface area contributed by atoms with Gasteiger partial charge in [0.05, 0.1) is 9.82 Å². The van der Waals surface area contributed by atoms with Gasteiger partial charge in [-0.2, -0.15) is 0 Å². The third kappa shape index (κ3) is 2.80. The maximum Gasteiger partial charge on any atom is 0.271 e. The van der Waals surface area contributed by atoms with Gasteiger partial charge in [-0.1, -0.05) is 6.92 Å². The Labute approximate surface area is 102 Å². The van der Waals surface area contributed by atoms with Crippen LogP contribution in [0.3, 0.4) is 0 Å². The first-order valence-electron chi connectivity index (χ1n) is 4.52. The number of carbonyl (C=O) groups excluding carboxylic acids is 1. The minimum atomic E-state index is -4.20. The number of aldehydes is 1. The van der Waals surface area contributed by atoms with Gasteiger partial charge in [0.2, 0.25) is 0 Å². The van der Waals surface area contributed by atoms with E-state index in [0.29, 0.717) is 6.29 Å². The van der Waals surface area contributed by atoms with E-state index in [4.69, 9.17) is 10.7 Å². The van der Waals surface area contributed by atoms with Crippen LogP contribution < -0.4 is 0 Å². The van der Waals surface area contributed by atoms with Gasteiger partial charge in [-0.3, -0.25) is 14.9 Å². The first kappa shape index (κ1) is 13.6. The van der Waals surface area contributed by atoms with Crippen molar-refractivity contribution in [2.45, 2.75) is 18.2 Å². The number of hydrogen-bond acceptors (Lipinski definition) is 5. The van der Waals surface area contributed by atoms with Crippen molar-refractivity contribution in [3.63, 3.8) is 0 Å². The van der Waals surface area contributed by atoms with Crippen LogP contribution in [-0.4, -0.2) is 19.6 Å². The lowest BCUT2D eigenvalue weighted by atomic mass is 10.1. The third-order valence-electron chi connectivity index (χ3n) is 2.18. The topological polar surface area (TPSA) is 94.3 Å². The van der Waals surface area contributed by atoms with E-state index in [2.05, 4.69) is 0 Å². The molecule has 0 aromatic heterocycles. The smallest absolute Gasteiger partial charge is 0.271 e. The van der Waals surface area contributed by atoms with Gasteiger partial charge in [-0.05, 0) is 12.0 Å². The molecular weight excluding hydrogens is 270 g/mol. The van der Waals surface area contributed by atoms with Crippen LogP contribution in [-0.2, 0) is 15.5 Å². The maximum absolute atomic E-state index is 11.2. The quantitative estimate of drug-likeness (QED) is 0.362. The molecule has 0 aliphatic carbocycles. The summed E-state index contributed by atoms with van der Waals surface area (Å²) in [5.41, 5.74) is -0.270. The monoisotopic (exact) mass is 277 g/mol. The van der Waals surface area contributed by atoms with Gasteiger partial charge in [0.15, 0.2) is 6.29 Å². The van der Waals surface area contributed by atoms with Crippen molar-refractivity contribution in [2.24, 2.45) is 0 Å². The molecule has 1 aromatic rings. The predicted molar refractivity (Wildman–Crippen MR) is 60.9 cm³/mol. The molecule has 1 rings (SSSR count). The minimum Gasteiger partial charge on any atom is -0.298 e. The first-order chi connectivity index (χ1) is 7.81. The zero-order valence-electron chi connectivity index (χ0n) is 8.71. The molecule has 0 saturated carbocycles. The van der Waals surface area contributed by atoms with Gasteiger partial charge in [-0.15, -0.1) is 0 Å². The van der Waals surface area contributed by atoms with Crippen LogP contribution in [0.2, 0.25) is 0 Å². The molecule has 0 N–H and O–H groups in total. The standard InChI is InChI=1S/C9H8ClNO5S/c1-2-6-3-7(11(13)14)4-9(8(6)5-12)17(10,15)16/h3-5H,2H2,1H3. The summed E-state index contributed by atoms with van der Waals surface area (Å²) in [5.74, 6) is 0. The molecule has 0 saturated heterocycles. The Balaban J connectivity index is 3.72. The predicted octanol–water partition coefficient (Wildman–Crippen LogP) is 1.90. The molecule has 0 spiro atoms. The minimum absolute atomic E-state index is 0.131. The largest absolute Gasteiger partial charge is 0.298 e. The fraction of sp³-hybridized carbons (Fsp3) is 0.222. The van der Waals surface area contributed by atoms with Crippen LogP contribution in [0.15, 0.2) is 17.0 Å². The van der Waals surface area contributed by atoms with Crippen LogP contribution >= 0.6 is 10.7 Å². The fourth-order valence-corrected chi connectivity index (χ4v) is 2.49. The van der Waals surface area contributed by atoms with E-state index < -0.39 is 24.6 Å². The molecule has 0 atom stereocenters. The molecule has 0 fully saturated rings. The lowest BCUT2D eigenvalue weighted by molar-refractivity contribution is -0.385. The lowest BCUT2D eigenvalue weighted by Crippen LogP contribution is -2.03. The Bertz CT molecular complexity index is 581. The average Bonchev–Trinajstić information content (AvgIpc) is 2.25. The van der Waals surface area contributed by atoms with Crippen molar-refractivity contribution in [3.8, 4) is 0 Å². The Kier molecular flexibility index (Phi) is 3.84. The molecule has 0 radical (unpaired) electrons. The molecule has 6 nitrogen and oxygen atoms in total. The molecule has 0 heterocycles. The summed E-state index contributed by atoms with van der Waals surface area (Å²) >= 11 is 0. The van der Waals surface area contributed by atoms with E-state index >= 15 is 0 Å². The second-order valence-corrected chi connectivity index (χ2v) is 5.72. The zero-order chi connectivity index (χ0) is 13.2. The van der Waals surface area contributed by atoms with Crippen LogP contribution in [0.25, 0.3) is 0 Å². The van der Waals surface area contributed by atoms with E-state index in [1.807, 2.05) is 0 Å². The second-order valence-electron chi connectivity index (χ2n) is 3.18.